The number of nitrogens with zero attached hydrogens (tertiary/aromatic N) is 7. The topological polar surface area (TPSA) is 104 Å². The van der Waals surface area contributed by atoms with E-state index in [-0.39, 0.29) is 11.4 Å². The molecule has 248 valence electrons. The third-order valence-electron chi connectivity index (χ3n) is 9.13. The lowest BCUT2D eigenvalue weighted by Gasteiger charge is -2.44. The summed E-state index contributed by atoms with van der Waals surface area (Å²) in [7, 11) is 1.88. The number of benzene rings is 2. The number of piperazine rings is 1. The molecule has 1 amide bonds. The van der Waals surface area contributed by atoms with Gasteiger partial charge in [-0.3, -0.25) is 19.3 Å². The number of carbonyl (C=O) groups excluding carboxylic acids is 1. The zero-order chi connectivity index (χ0) is 33.1. The minimum atomic E-state index is -3.06. The lowest BCUT2D eigenvalue weighted by Crippen LogP contribution is -2.54. The van der Waals surface area contributed by atoms with Crippen molar-refractivity contribution < 1.29 is 18.3 Å². The Kier molecular flexibility index (Phi) is 9.64. The van der Waals surface area contributed by atoms with Crippen molar-refractivity contribution in [3.8, 4) is 17.0 Å². The van der Waals surface area contributed by atoms with Gasteiger partial charge in [0.25, 0.3) is 0 Å². The standard InChI is InChI=1S/C34H41F2N9O2/c1-5-33(46)41-27-17-28(40-32-18-26(37-21-38-32)23-6-7-29-24(16-23)20-39-42(29)4)31(47-34(35)36)19-30(27)45-10-8-25(9-11-45)44-14-12-43(13-15-44)22(2)3/h5-7,16-22,25,34H,1,8-15H2,2-4H3,(H,41,46)(H,37,38,40). The molecule has 0 atom stereocenters. The zero-order valence-electron chi connectivity index (χ0n) is 27.0. The molecule has 2 N–H and O–H groups in total. The normalized spacial score (nSPS) is 16.6. The molecule has 0 spiro atoms. The van der Waals surface area contributed by atoms with Crippen LogP contribution >= 0.6 is 0 Å². The molecule has 2 aromatic carbocycles. The van der Waals surface area contributed by atoms with Gasteiger partial charge in [-0.1, -0.05) is 12.6 Å². The Labute approximate surface area is 273 Å². The van der Waals surface area contributed by atoms with Crippen LogP contribution in [0.5, 0.6) is 5.75 Å². The molecule has 11 nitrogen and oxygen atoms in total. The lowest BCUT2D eigenvalue weighted by atomic mass is 10.0. The van der Waals surface area contributed by atoms with E-state index in [1.54, 1.807) is 29.1 Å². The fourth-order valence-electron chi connectivity index (χ4n) is 6.54. The van der Waals surface area contributed by atoms with Crippen LogP contribution in [0.2, 0.25) is 0 Å². The van der Waals surface area contributed by atoms with Crippen LogP contribution in [0.15, 0.2) is 61.6 Å². The number of anilines is 4. The number of halogens is 2. The number of aromatic nitrogens is 4. The number of ether oxygens (including phenoxy) is 1. The van der Waals surface area contributed by atoms with E-state index < -0.39 is 12.5 Å². The highest BCUT2D eigenvalue weighted by atomic mass is 19.3. The van der Waals surface area contributed by atoms with E-state index in [0.717, 1.165) is 55.5 Å². The van der Waals surface area contributed by atoms with Crippen molar-refractivity contribution in [2.75, 3.05) is 54.8 Å². The molecular weight excluding hydrogens is 604 g/mol. The first-order valence-corrected chi connectivity index (χ1v) is 16.0. The first kappa shape index (κ1) is 32.3. The van der Waals surface area contributed by atoms with Crippen LogP contribution in [0.1, 0.15) is 26.7 Å². The summed E-state index contributed by atoms with van der Waals surface area (Å²) in [6.07, 6.45) is 6.22. The quantitative estimate of drug-likeness (QED) is 0.217. The number of aryl methyl sites for hydroxylation is 1. The molecule has 0 unspecified atom stereocenters. The van der Waals surface area contributed by atoms with Crippen LogP contribution in [0, 0.1) is 0 Å². The van der Waals surface area contributed by atoms with E-state index in [1.165, 1.54) is 12.4 Å². The molecule has 0 bridgehead atoms. The predicted octanol–water partition coefficient (Wildman–Crippen LogP) is 5.49. The summed E-state index contributed by atoms with van der Waals surface area (Å²) in [6, 6.07) is 11.8. The molecule has 2 aromatic heterocycles. The van der Waals surface area contributed by atoms with Crippen molar-refractivity contribution in [3.63, 3.8) is 0 Å². The summed E-state index contributed by atoms with van der Waals surface area (Å²) in [4.78, 5) is 28.5. The van der Waals surface area contributed by atoms with Gasteiger partial charge in [0.05, 0.1) is 34.5 Å². The summed E-state index contributed by atoms with van der Waals surface area (Å²) in [6.45, 7) is 10.6. The van der Waals surface area contributed by atoms with Gasteiger partial charge in [-0.2, -0.15) is 13.9 Å². The molecule has 4 aromatic rings. The minimum absolute atomic E-state index is 0.0597. The SMILES string of the molecule is C=CC(=O)Nc1cc(Nc2cc(-c3ccc4c(cnn4C)c3)ncn2)c(OC(F)F)cc1N1CCC(N2CCN(C(C)C)CC2)CC1. The van der Waals surface area contributed by atoms with Crippen LogP contribution in [-0.4, -0.2) is 93.4 Å². The molecule has 2 aliphatic heterocycles. The maximum atomic E-state index is 13.7. The first-order chi connectivity index (χ1) is 22.7. The molecule has 2 fully saturated rings. The third kappa shape index (κ3) is 7.36. The van der Waals surface area contributed by atoms with Gasteiger partial charge in [0.1, 0.15) is 12.1 Å². The van der Waals surface area contributed by atoms with E-state index >= 15 is 0 Å². The Morgan fingerprint density at radius 2 is 1.79 bits per heavy atom. The van der Waals surface area contributed by atoms with Crippen LogP contribution < -0.4 is 20.3 Å². The predicted molar refractivity (Wildman–Crippen MR) is 180 cm³/mol. The smallest absolute Gasteiger partial charge is 0.387 e. The fourth-order valence-corrected chi connectivity index (χ4v) is 6.54. The number of alkyl halides is 2. The Morgan fingerprint density at radius 1 is 1.02 bits per heavy atom. The maximum Gasteiger partial charge on any atom is 0.387 e. The molecule has 6 rings (SSSR count). The van der Waals surface area contributed by atoms with Gasteiger partial charge in [-0.15, -0.1) is 0 Å². The Morgan fingerprint density at radius 3 is 2.49 bits per heavy atom. The number of carbonyl (C=O) groups is 1. The molecule has 2 saturated heterocycles. The number of rotatable bonds is 10. The first-order valence-electron chi connectivity index (χ1n) is 16.0. The fraction of sp³-hybridized carbons (Fsp3) is 0.412. The summed E-state index contributed by atoms with van der Waals surface area (Å²) >= 11 is 0. The molecule has 2 aliphatic rings. The second-order valence-electron chi connectivity index (χ2n) is 12.3. The number of nitrogens with one attached hydrogen (secondary N) is 2. The van der Waals surface area contributed by atoms with Crippen molar-refractivity contribution >= 4 is 39.7 Å². The maximum absolute atomic E-state index is 13.7. The van der Waals surface area contributed by atoms with Gasteiger partial charge in [0.2, 0.25) is 5.91 Å². The van der Waals surface area contributed by atoms with Gasteiger partial charge in [0.15, 0.2) is 5.75 Å². The summed E-state index contributed by atoms with van der Waals surface area (Å²) in [5, 5.41) is 11.3. The summed E-state index contributed by atoms with van der Waals surface area (Å²) < 4.78 is 34.3. The molecule has 0 aliphatic carbocycles. The number of amides is 1. The van der Waals surface area contributed by atoms with Gasteiger partial charge in [0, 0.05) is 81.5 Å². The zero-order valence-corrected chi connectivity index (χ0v) is 27.0. The van der Waals surface area contributed by atoms with Crippen molar-refractivity contribution in [1.82, 2.24) is 29.5 Å². The van der Waals surface area contributed by atoms with Gasteiger partial charge >= 0.3 is 6.61 Å². The summed E-state index contributed by atoms with van der Waals surface area (Å²) in [5.74, 6) is -0.101. The molecule has 0 radical (unpaired) electrons. The highest BCUT2D eigenvalue weighted by Gasteiger charge is 2.30. The van der Waals surface area contributed by atoms with Crippen LogP contribution in [0.25, 0.3) is 22.2 Å². The van der Waals surface area contributed by atoms with E-state index in [4.69, 9.17) is 4.74 Å². The van der Waals surface area contributed by atoms with Crippen LogP contribution in [0.3, 0.4) is 0 Å². The molecule has 4 heterocycles. The van der Waals surface area contributed by atoms with Gasteiger partial charge in [-0.05, 0) is 51.0 Å². The van der Waals surface area contributed by atoms with Crippen LogP contribution in [0.4, 0.5) is 31.7 Å². The largest absolute Gasteiger partial charge is 0.433 e. The summed E-state index contributed by atoms with van der Waals surface area (Å²) in [5.41, 5.74) is 3.75. The van der Waals surface area contributed by atoms with E-state index in [0.29, 0.717) is 48.1 Å². The number of hydrogen-bond donors (Lipinski definition) is 2. The average molecular weight is 646 g/mol. The number of piperidine rings is 1. The molecule has 0 saturated carbocycles. The monoisotopic (exact) mass is 645 g/mol. The number of fused-ring (bicyclic) bond motifs is 1. The van der Waals surface area contributed by atoms with E-state index in [9.17, 15) is 13.6 Å². The number of hydrogen-bond acceptors (Lipinski definition) is 9. The highest BCUT2D eigenvalue weighted by molar-refractivity contribution is 6.02. The van der Waals surface area contributed by atoms with Crippen molar-refractivity contribution in [2.24, 2.45) is 7.05 Å². The van der Waals surface area contributed by atoms with Gasteiger partial charge < -0.3 is 20.3 Å². The molecular formula is C34H41F2N9O2. The lowest BCUT2D eigenvalue weighted by molar-refractivity contribution is -0.111. The Balaban J connectivity index is 1.25. The van der Waals surface area contributed by atoms with Crippen LogP contribution in [-0.2, 0) is 11.8 Å². The van der Waals surface area contributed by atoms with Crippen molar-refractivity contribution in [2.45, 2.75) is 45.4 Å². The minimum Gasteiger partial charge on any atom is -0.433 e. The highest BCUT2D eigenvalue weighted by Crippen LogP contribution is 2.40. The third-order valence-corrected chi connectivity index (χ3v) is 9.13. The van der Waals surface area contributed by atoms with E-state index in [1.807, 2.05) is 25.2 Å². The van der Waals surface area contributed by atoms with Crippen molar-refractivity contribution in [1.29, 1.82) is 0 Å². The molecule has 47 heavy (non-hydrogen) atoms. The molecule has 13 heteroatoms. The second kappa shape index (κ2) is 14.0. The van der Waals surface area contributed by atoms with Gasteiger partial charge in [-0.25, -0.2) is 9.97 Å². The average Bonchev–Trinajstić information content (AvgIpc) is 3.45. The Hall–Kier alpha value is -4.62. The second-order valence-corrected chi connectivity index (χ2v) is 12.3. The van der Waals surface area contributed by atoms with Crippen molar-refractivity contribution in [3.05, 3.63) is 61.6 Å². The van der Waals surface area contributed by atoms with E-state index in [2.05, 4.69) is 60.8 Å². The Bertz CT molecular complexity index is 1730.